The quantitative estimate of drug-likeness (QED) is 0.503. The average molecular weight is 364 g/mol. The summed E-state index contributed by atoms with van der Waals surface area (Å²) >= 11 is 0. The largest absolute Gasteiger partial charge is 0.508 e. The topological polar surface area (TPSA) is 120 Å². The van der Waals surface area contributed by atoms with Gasteiger partial charge in [0.1, 0.15) is 17.1 Å². The summed E-state index contributed by atoms with van der Waals surface area (Å²) < 4.78 is 7.50. The zero-order valence-electron chi connectivity index (χ0n) is 15.5. The molecule has 0 unspecified atom stereocenters. The number of benzene rings is 2. The van der Waals surface area contributed by atoms with Gasteiger partial charge in [-0.1, -0.05) is 6.07 Å². The van der Waals surface area contributed by atoms with Crippen LogP contribution < -0.4 is 11.5 Å². The summed E-state index contributed by atoms with van der Waals surface area (Å²) in [4.78, 5) is 16.7. The van der Waals surface area contributed by atoms with Crippen molar-refractivity contribution in [2.24, 2.45) is 5.73 Å². The van der Waals surface area contributed by atoms with Crippen LogP contribution in [0.25, 0.3) is 27.7 Å². The Morgan fingerprint density at radius 1 is 1.19 bits per heavy atom. The van der Waals surface area contributed by atoms with E-state index in [2.05, 4.69) is 4.98 Å². The molecule has 0 aliphatic rings. The van der Waals surface area contributed by atoms with Crippen molar-refractivity contribution in [2.75, 3.05) is 5.73 Å². The van der Waals surface area contributed by atoms with Crippen LogP contribution >= 0.6 is 0 Å². The molecule has 4 aromatic rings. The summed E-state index contributed by atoms with van der Waals surface area (Å²) in [5.74, 6) is 0.238. The van der Waals surface area contributed by atoms with E-state index < -0.39 is 5.91 Å². The number of nitrogens with two attached hydrogens (primary N) is 2. The van der Waals surface area contributed by atoms with Crippen molar-refractivity contribution in [3.05, 3.63) is 46.3 Å². The normalized spacial score (nSPS) is 11.6. The second-order valence-electron chi connectivity index (χ2n) is 6.84. The third kappa shape index (κ3) is 2.21. The van der Waals surface area contributed by atoms with E-state index >= 15 is 0 Å². The molecule has 0 radical (unpaired) electrons. The Hall–Kier alpha value is -3.48. The molecule has 5 N–H and O–H groups in total. The number of phenols is 1. The van der Waals surface area contributed by atoms with Gasteiger partial charge in [-0.05, 0) is 44.0 Å². The highest BCUT2D eigenvalue weighted by Crippen LogP contribution is 2.40. The van der Waals surface area contributed by atoms with Gasteiger partial charge in [-0.2, -0.15) is 0 Å². The molecule has 0 aliphatic heterocycles. The second kappa shape index (κ2) is 5.51. The summed E-state index contributed by atoms with van der Waals surface area (Å²) in [5.41, 5.74) is 17.2. The number of carbonyl (C=O) groups is 1. The van der Waals surface area contributed by atoms with E-state index in [1.54, 1.807) is 30.5 Å². The molecule has 0 atom stereocenters. The Kier molecular flexibility index (Phi) is 3.46. The molecule has 138 valence electrons. The van der Waals surface area contributed by atoms with E-state index in [4.69, 9.17) is 15.9 Å². The summed E-state index contributed by atoms with van der Waals surface area (Å²) in [6, 6.07) is 5.26. The number of rotatable bonds is 2. The predicted octanol–water partition coefficient (Wildman–Crippen LogP) is 3.39. The Morgan fingerprint density at radius 2 is 1.89 bits per heavy atom. The molecule has 7 nitrogen and oxygen atoms in total. The number of nitrogen functional groups attached to an aromatic ring is 1. The van der Waals surface area contributed by atoms with Crippen LogP contribution in [0, 0.1) is 27.7 Å². The van der Waals surface area contributed by atoms with Crippen LogP contribution in [-0.2, 0) is 0 Å². The molecule has 2 aromatic heterocycles. The van der Waals surface area contributed by atoms with Gasteiger partial charge >= 0.3 is 0 Å². The molecule has 0 bridgehead atoms. The summed E-state index contributed by atoms with van der Waals surface area (Å²) in [6.07, 6.45) is 0. The zero-order valence-corrected chi connectivity index (χ0v) is 15.5. The number of amides is 1. The molecule has 0 fully saturated rings. The number of aromatic hydroxyl groups is 1. The van der Waals surface area contributed by atoms with Gasteiger partial charge in [0.2, 0.25) is 0 Å². The molecule has 27 heavy (non-hydrogen) atoms. The lowest BCUT2D eigenvalue weighted by molar-refractivity contribution is 0.100. The number of hydrogen-bond donors (Lipinski definition) is 3. The van der Waals surface area contributed by atoms with Gasteiger partial charge in [0.05, 0.1) is 16.8 Å². The van der Waals surface area contributed by atoms with Crippen LogP contribution in [0.4, 0.5) is 5.82 Å². The van der Waals surface area contributed by atoms with Crippen LogP contribution in [0.1, 0.15) is 32.9 Å². The van der Waals surface area contributed by atoms with E-state index in [0.29, 0.717) is 39.1 Å². The average Bonchev–Trinajstić information content (AvgIpc) is 3.10. The van der Waals surface area contributed by atoms with Gasteiger partial charge in [0.15, 0.2) is 11.5 Å². The standard InChI is InChI=1S/C20H20N4O3/c1-8-5-6-13(25)10(3)16(8)24-17-12(14(19(24)21)20(22)26)7-9(2)18-15(17)23-11(4)27-18/h5-7,25H,21H2,1-4H3,(H2,22,26). The van der Waals surface area contributed by atoms with E-state index in [0.717, 1.165) is 11.1 Å². The first-order valence-corrected chi connectivity index (χ1v) is 8.52. The van der Waals surface area contributed by atoms with Gasteiger partial charge in [0, 0.05) is 17.9 Å². The van der Waals surface area contributed by atoms with Crippen LogP contribution in [-0.4, -0.2) is 20.6 Å². The molecular formula is C20H20N4O3. The number of hydrogen-bond acceptors (Lipinski definition) is 5. The van der Waals surface area contributed by atoms with Gasteiger partial charge in [-0.3, -0.25) is 9.36 Å². The minimum Gasteiger partial charge on any atom is -0.508 e. The fraction of sp³-hybridized carbons (Fsp3) is 0.200. The number of oxazole rings is 1. The van der Waals surface area contributed by atoms with E-state index in [1.807, 2.05) is 19.9 Å². The Labute approximate surface area is 155 Å². The molecule has 1 amide bonds. The van der Waals surface area contributed by atoms with E-state index in [-0.39, 0.29) is 17.1 Å². The lowest BCUT2D eigenvalue weighted by Gasteiger charge is -2.16. The first kappa shape index (κ1) is 17.0. The van der Waals surface area contributed by atoms with Gasteiger partial charge < -0.3 is 21.0 Å². The summed E-state index contributed by atoms with van der Waals surface area (Å²) in [5, 5.41) is 10.9. The molecular weight excluding hydrogens is 344 g/mol. The highest BCUT2D eigenvalue weighted by atomic mass is 16.3. The third-order valence-electron chi connectivity index (χ3n) is 5.00. The highest BCUT2D eigenvalue weighted by molar-refractivity contribution is 6.17. The number of phenolic OH excluding ortho intramolecular Hbond substituents is 1. The molecule has 0 saturated carbocycles. The van der Waals surface area contributed by atoms with Gasteiger partial charge in [0.25, 0.3) is 5.91 Å². The molecule has 2 aromatic carbocycles. The van der Waals surface area contributed by atoms with Crippen molar-refractivity contribution in [1.82, 2.24) is 9.55 Å². The van der Waals surface area contributed by atoms with Crippen molar-refractivity contribution in [1.29, 1.82) is 0 Å². The molecule has 7 heteroatoms. The molecule has 2 heterocycles. The van der Waals surface area contributed by atoms with Crippen LogP contribution in [0.15, 0.2) is 22.6 Å². The van der Waals surface area contributed by atoms with Crippen LogP contribution in [0.2, 0.25) is 0 Å². The number of aryl methyl sites for hydroxylation is 3. The van der Waals surface area contributed by atoms with Gasteiger partial charge in [-0.15, -0.1) is 0 Å². The monoisotopic (exact) mass is 364 g/mol. The highest BCUT2D eigenvalue weighted by Gasteiger charge is 2.26. The minimum absolute atomic E-state index is 0.136. The first-order valence-electron chi connectivity index (χ1n) is 8.52. The number of primary amides is 1. The van der Waals surface area contributed by atoms with Crippen molar-refractivity contribution in [2.45, 2.75) is 27.7 Å². The van der Waals surface area contributed by atoms with Crippen molar-refractivity contribution >= 4 is 33.7 Å². The Bertz CT molecular complexity index is 1260. The maximum atomic E-state index is 12.2. The number of fused-ring (bicyclic) bond motifs is 3. The lowest BCUT2D eigenvalue weighted by atomic mass is 10.1. The molecule has 0 aliphatic carbocycles. The van der Waals surface area contributed by atoms with Crippen molar-refractivity contribution < 1.29 is 14.3 Å². The third-order valence-corrected chi connectivity index (χ3v) is 5.00. The Morgan fingerprint density at radius 3 is 2.56 bits per heavy atom. The number of nitrogens with zero attached hydrogens (tertiary/aromatic N) is 2. The smallest absolute Gasteiger partial charge is 0.253 e. The number of aromatic nitrogens is 2. The van der Waals surface area contributed by atoms with Crippen molar-refractivity contribution in [3.63, 3.8) is 0 Å². The zero-order chi connectivity index (χ0) is 19.6. The molecule has 0 saturated heterocycles. The SMILES string of the molecule is Cc1nc2c(o1)c(C)cc1c(C(N)=O)c(N)n(-c3c(C)ccc(O)c3C)c12. The molecule has 4 rings (SSSR count). The van der Waals surface area contributed by atoms with Crippen LogP contribution in [0.3, 0.4) is 0 Å². The number of anilines is 1. The fourth-order valence-electron chi connectivity index (χ4n) is 3.78. The van der Waals surface area contributed by atoms with Gasteiger partial charge in [-0.25, -0.2) is 4.98 Å². The van der Waals surface area contributed by atoms with Crippen molar-refractivity contribution in [3.8, 4) is 11.4 Å². The van der Waals surface area contributed by atoms with E-state index in [9.17, 15) is 9.90 Å². The van der Waals surface area contributed by atoms with E-state index in [1.165, 1.54) is 0 Å². The molecule has 0 spiro atoms. The minimum atomic E-state index is -0.620. The number of carbonyl (C=O) groups excluding carboxylic acids is 1. The predicted molar refractivity (Wildman–Crippen MR) is 104 cm³/mol. The Balaban J connectivity index is 2.32. The second-order valence-corrected chi connectivity index (χ2v) is 6.84. The maximum absolute atomic E-state index is 12.2. The summed E-state index contributed by atoms with van der Waals surface area (Å²) in [7, 11) is 0. The summed E-state index contributed by atoms with van der Waals surface area (Å²) in [6.45, 7) is 7.36. The maximum Gasteiger partial charge on any atom is 0.253 e. The fourth-order valence-corrected chi connectivity index (χ4v) is 3.78. The van der Waals surface area contributed by atoms with Crippen LogP contribution in [0.5, 0.6) is 5.75 Å². The lowest BCUT2D eigenvalue weighted by Crippen LogP contribution is -2.14. The first-order chi connectivity index (χ1) is 12.7.